The van der Waals surface area contributed by atoms with Crippen LogP contribution in [0.4, 0.5) is 0 Å². The summed E-state index contributed by atoms with van der Waals surface area (Å²) in [6.45, 7) is 2.40. The summed E-state index contributed by atoms with van der Waals surface area (Å²) >= 11 is 14.1. The lowest BCUT2D eigenvalue weighted by molar-refractivity contribution is 0.595. The Hall–Kier alpha value is -0.790. The van der Waals surface area contributed by atoms with Crippen LogP contribution in [0.2, 0.25) is 10.0 Å². The molecule has 0 amide bonds. The molecule has 0 saturated carbocycles. The van der Waals surface area contributed by atoms with Crippen LogP contribution in [0.25, 0.3) is 0 Å². The number of halogens is 3. The predicted molar refractivity (Wildman–Crippen MR) is 88.9 cm³/mol. The highest BCUT2D eigenvalue weighted by atomic mass is 127. The maximum atomic E-state index is 12.2. The molecule has 0 saturated heterocycles. The van der Waals surface area contributed by atoms with Crippen molar-refractivity contribution in [1.29, 1.82) is 0 Å². The first-order valence-electron chi connectivity index (χ1n) is 5.88. The van der Waals surface area contributed by atoms with Crippen LogP contribution < -0.4 is 11.2 Å². The molecule has 0 N–H and O–H groups in total. The van der Waals surface area contributed by atoms with Gasteiger partial charge in [0.05, 0.1) is 10.1 Å². The second-order valence-electron chi connectivity index (χ2n) is 4.14. The van der Waals surface area contributed by atoms with E-state index < -0.39 is 0 Å². The smallest absolute Gasteiger partial charge is 0.300 e. The first-order valence-corrected chi connectivity index (χ1v) is 7.71. The van der Waals surface area contributed by atoms with Gasteiger partial charge in [0.15, 0.2) is 0 Å². The quantitative estimate of drug-likeness (QED) is 0.711. The summed E-state index contributed by atoms with van der Waals surface area (Å²) in [4.78, 5) is 24.4. The van der Waals surface area contributed by atoms with E-state index in [1.54, 1.807) is 24.4 Å². The Bertz CT molecular complexity index is 748. The number of rotatable bonds is 3. The van der Waals surface area contributed by atoms with Gasteiger partial charge < -0.3 is 0 Å². The van der Waals surface area contributed by atoms with E-state index in [9.17, 15) is 9.59 Å². The van der Waals surface area contributed by atoms with E-state index in [2.05, 4.69) is 0 Å². The molecule has 1 aromatic heterocycles. The molecule has 0 atom stereocenters. The largest absolute Gasteiger partial charge is 0.331 e. The van der Waals surface area contributed by atoms with Gasteiger partial charge in [0.25, 0.3) is 5.56 Å². The van der Waals surface area contributed by atoms with E-state index in [1.165, 1.54) is 4.57 Å². The summed E-state index contributed by atoms with van der Waals surface area (Å²) in [7, 11) is 0. The van der Waals surface area contributed by atoms with Crippen molar-refractivity contribution in [2.45, 2.75) is 20.0 Å². The number of aryl methyl sites for hydroxylation is 1. The van der Waals surface area contributed by atoms with Crippen molar-refractivity contribution < 1.29 is 0 Å². The molecule has 4 nitrogen and oxygen atoms in total. The molecule has 0 aliphatic heterocycles. The molecule has 20 heavy (non-hydrogen) atoms. The van der Waals surface area contributed by atoms with Crippen LogP contribution in [0, 0.1) is 3.57 Å². The molecule has 2 aromatic rings. The number of hydrogen-bond acceptors (Lipinski definition) is 2. The first-order chi connectivity index (χ1) is 9.45. The van der Waals surface area contributed by atoms with E-state index in [0.29, 0.717) is 25.7 Å². The predicted octanol–water partition coefficient (Wildman–Crippen LogP) is 2.99. The van der Waals surface area contributed by atoms with Gasteiger partial charge in [-0.3, -0.25) is 13.9 Å². The molecule has 0 fully saturated rings. The van der Waals surface area contributed by atoms with Crippen molar-refractivity contribution in [2.75, 3.05) is 0 Å². The van der Waals surface area contributed by atoms with E-state index in [0.717, 1.165) is 4.57 Å². The SMILES string of the molecule is CCn1cc(I)c(=O)n(Cc2c(Cl)cccc2Cl)c1=O. The summed E-state index contributed by atoms with van der Waals surface area (Å²) in [5, 5.41) is 0.872. The van der Waals surface area contributed by atoms with Gasteiger partial charge in [0.2, 0.25) is 0 Å². The lowest BCUT2D eigenvalue weighted by atomic mass is 10.2. The molecule has 0 unspecified atom stereocenters. The molecular weight excluding hydrogens is 414 g/mol. The summed E-state index contributed by atoms with van der Waals surface area (Å²) in [5.74, 6) is 0. The maximum absolute atomic E-state index is 12.2. The highest BCUT2D eigenvalue weighted by Crippen LogP contribution is 2.24. The molecule has 2 rings (SSSR count). The third-order valence-corrected chi connectivity index (χ3v) is 4.36. The Morgan fingerprint density at radius 2 is 1.80 bits per heavy atom. The third-order valence-electron chi connectivity index (χ3n) is 2.91. The molecule has 0 aliphatic rings. The highest BCUT2D eigenvalue weighted by molar-refractivity contribution is 14.1. The van der Waals surface area contributed by atoms with Gasteiger partial charge >= 0.3 is 5.69 Å². The average molecular weight is 425 g/mol. The fraction of sp³-hybridized carbons (Fsp3) is 0.231. The van der Waals surface area contributed by atoms with Crippen LogP contribution in [0.5, 0.6) is 0 Å². The van der Waals surface area contributed by atoms with Crippen molar-refractivity contribution in [3.63, 3.8) is 0 Å². The molecule has 0 aliphatic carbocycles. The molecule has 7 heteroatoms. The number of hydrogen-bond donors (Lipinski definition) is 0. The van der Waals surface area contributed by atoms with E-state index >= 15 is 0 Å². The second kappa shape index (κ2) is 6.32. The lowest BCUT2D eigenvalue weighted by Crippen LogP contribution is -2.41. The maximum Gasteiger partial charge on any atom is 0.331 e. The Morgan fingerprint density at radius 1 is 1.20 bits per heavy atom. The fourth-order valence-corrected chi connectivity index (χ4v) is 2.97. The van der Waals surface area contributed by atoms with Crippen LogP contribution in [0.15, 0.2) is 34.0 Å². The number of nitrogens with zero attached hydrogens (tertiary/aromatic N) is 2. The van der Waals surface area contributed by atoms with Crippen LogP contribution in [-0.4, -0.2) is 9.13 Å². The minimum atomic E-state index is -0.367. The Labute approximate surface area is 139 Å². The van der Waals surface area contributed by atoms with E-state index in [-0.39, 0.29) is 17.8 Å². The molecular formula is C13H11Cl2IN2O2. The monoisotopic (exact) mass is 424 g/mol. The van der Waals surface area contributed by atoms with Gasteiger partial charge in [0.1, 0.15) is 0 Å². The molecule has 0 spiro atoms. The van der Waals surface area contributed by atoms with E-state index in [1.807, 2.05) is 29.5 Å². The Morgan fingerprint density at radius 3 is 2.35 bits per heavy atom. The minimum Gasteiger partial charge on any atom is -0.300 e. The molecule has 1 aromatic carbocycles. The Kier molecular flexibility index (Phi) is 4.93. The lowest BCUT2D eigenvalue weighted by Gasteiger charge is -2.11. The molecule has 0 radical (unpaired) electrons. The normalized spacial score (nSPS) is 10.8. The zero-order valence-corrected chi connectivity index (χ0v) is 14.2. The van der Waals surface area contributed by atoms with Gasteiger partial charge in [-0.2, -0.15) is 0 Å². The van der Waals surface area contributed by atoms with Crippen LogP contribution in [0.1, 0.15) is 12.5 Å². The zero-order valence-electron chi connectivity index (χ0n) is 10.6. The van der Waals surface area contributed by atoms with Crippen LogP contribution >= 0.6 is 45.8 Å². The van der Waals surface area contributed by atoms with Gasteiger partial charge in [0, 0.05) is 28.4 Å². The van der Waals surface area contributed by atoms with Gasteiger partial charge in [-0.1, -0.05) is 29.3 Å². The standard InChI is InChI=1S/C13H11Cl2IN2O2/c1-2-17-7-11(16)12(19)18(13(17)20)6-8-9(14)4-3-5-10(8)15/h3-5,7H,2,6H2,1H3. The number of benzene rings is 1. The van der Waals surface area contributed by atoms with Crippen molar-refractivity contribution in [3.05, 3.63) is 64.4 Å². The number of aromatic nitrogens is 2. The third kappa shape index (κ3) is 2.94. The summed E-state index contributed by atoms with van der Waals surface area (Å²) in [6, 6.07) is 5.08. The minimum absolute atomic E-state index is 0.0625. The highest BCUT2D eigenvalue weighted by Gasteiger charge is 2.13. The van der Waals surface area contributed by atoms with Gasteiger partial charge in [-0.25, -0.2) is 4.79 Å². The molecule has 1 heterocycles. The van der Waals surface area contributed by atoms with Crippen molar-refractivity contribution in [1.82, 2.24) is 9.13 Å². The van der Waals surface area contributed by atoms with Crippen LogP contribution in [0.3, 0.4) is 0 Å². The first kappa shape index (κ1) is 15.6. The van der Waals surface area contributed by atoms with Crippen molar-refractivity contribution >= 4 is 45.8 Å². The fourth-order valence-electron chi connectivity index (χ4n) is 1.83. The average Bonchev–Trinajstić information content (AvgIpc) is 2.41. The topological polar surface area (TPSA) is 44.0 Å². The summed E-state index contributed by atoms with van der Waals surface area (Å²) < 4.78 is 3.11. The van der Waals surface area contributed by atoms with Crippen molar-refractivity contribution in [2.24, 2.45) is 0 Å². The summed E-state index contributed by atoms with van der Waals surface area (Å²) in [6.07, 6.45) is 1.55. The molecule has 106 valence electrons. The van der Waals surface area contributed by atoms with Gasteiger partial charge in [-0.15, -0.1) is 0 Å². The van der Waals surface area contributed by atoms with E-state index in [4.69, 9.17) is 23.2 Å². The Balaban J connectivity index is 2.63. The second-order valence-corrected chi connectivity index (χ2v) is 6.11. The molecule has 0 bridgehead atoms. The van der Waals surface area contributed by atoms with Crippen LogP contribution in [-0.2, 0) is 13.1 Å². The summed E-state index contributed by atoms with van der Waals surface area (Å²) in [5.41, 5.74) is -0.134. The zero-order chi connectivity index (χ0) is 14.9. The van der Waals surface area contributed by atoms with Crippen molar-refractivity contribution in [3.8, 4) is 0 Å². The van der Waals surface area contributed by atoms with Gasteiger partial charge in [-0.05, 0) is 41.6 Å².